The van der Waals surface area contributed by atoms with Gasteiger partial charge >= 0.3 is 0 Å². The van der Waals surface area contributed by atoms with E-state index in [1.165, 1.54) is 5.56 Å². The van der Waals surface area contributed by atoms with Crippen LogP contribution in [0.4, 0.5) is 0 Å². The molecule has 0 amide bonds. The average molecular weight is 229 g/mol. The van der Waals surface area contributed by atoms with Crippen molar-refractivity contribution < 1.29 is 0 Å². The van der Waals surface area contributed by atoms with Gasteiger partial charge in [0, 0.05) is 22.7 Å². The highest BCUT2D eigenvalue weighted by Gasteiger charge is 2.05. The van der Waals surface area contributed by atoms with Crippen molar-refractivity contribution in [2.24, 2.45) is 0 Å². The molecule has 0 bridgehead atoms. The summed E-state index contributed by atoms with van der Waals surface area (Å²) >= 11 is 0. The SMILES string of the molecule is CCCc1ccc2[nH]c(C(C)C)cc(=O)c2c1. The van der Waals surface area contributed by atoms with Gasteiger partial charge in [-0.25, -0.2) is 0 Å². The van der Waals surface area contributed by atoms with E-state index in [9.17, 15) is 4.79 Å². The summed E-state index contributed by atoms with van der Waals surface area (Å²) in [4.78, 5) is 15.4. The first kappa shape index (κ1) is 11.9. The van der Waals surface area contributed by atoms with E-state index < -0.39 is 0 Å². The number of H-pyrrole nitrogens is 1. The lowest BCUT2D eigenvalue weighted by Crippen LogP contribution is -2.06. The third-order valence-electron chi connectivity index (χ3n) is 3.08. The van der Waals surface area contributed by atoms with Crippen molar-refractivity contribution in [2.45, 2.75) is 39.5 Å². The fourth-order valence-corrected chi connectivity index (χ4v) is 2.07. The Morgan fingerprint density at radius 1 is 1.24 bits per heavy atom. The highest BCUT2D eigenvalue weighted by atomic mass is 16.1. The van der Waals surface area contributed by atoms with E-state index in [4.69, 9.17) is 0 Å². The van der Waals surface area contributed by atoms with E-state index in [1.54, 1.807) is 6.07 Å². The number of aryl methyl sites for hydroxylation is 1. The molecule has 1 aromatic carbocycles. The molecule has 0 unspecified atom stereocenters. The lowest BCUT2D eigenvalue weighted by Gasteiger charge is -2.08. The molecule has 2 nitrogen and oxygen atoms in total. The molecule has 1 aromatic heterocycles. The van der Waals surface area contributed by atoms with Gasteiger partial charge in [0.05, 0.1) is 0 Å². The van der Waals surface area contributed by atoms with Crippen LogP contribution in [0.1, 0.15) is 44.4 Å². The molecule has 0 aliphatic carbocycles. The van der Waals surface area contributed by atoms with E-state index >= 15 is 0 Å². The molecule has 90 valence electrons. The third-order valence-corrected chi connectivity index (χ3v) is 3.08. The van der Waals surface area contributed by atoms with Crippen LogP contribution in [0.2, 0.25) is 0 Å². The Morgan fingerprint density at radius 3 is 2.65 bits per heavy atom. The van der Waals surface area contributed by atoms with Crippen molar-refractivity contribution in [3.8, 4) is 0 Å². The molecule has 2 rings (SSSR count). The summed E-state index contributed by atoms with van der Waals surface area (Å²) in [5.74, 6) is 0.349. The quantitative estimate of drug-likeness (QED) is 0.857. The number of hydrogen-bond acceptors (Lipinski definition) is 1. The van der Waals surface area contributed by atoms with Gasteiger partial charge in [0.25, 0.3) is 0 Å². The molecule has 0 fully saturated rings. The van der Waals surface area contributed by atoms with Crippen molar-refractivity contribution in [3.63, 3.8) is 0 Å². The fourth-order valence-electron chi connectivity index (χ4n) is 2.07. The minimum Gasteiger partial charge on any atom is -0.358 e. The van der Waals surface area contributed by atoms with Crippen LogP contribution in [-0.2, 0) is 6.42 Å². The van der Waals surface area contributed by atoms with Crippen molar-refractivity contribution in [2.75, 3.05) is 0 Å². The number of fused-ring (bicyclic) bond motifs is 1. The van der Waals surface area contributed by atoms with Gasteiger partial charge in [0.1, 0.15) is 0 Å². The Balaban J connectivity index is 2.60. The summed E-state index contributed by atoms with van der Waals surface area (Å²) in [6.45, 7) is 6.32. The van der Waals surface area contributed by atoms with Crippen LogP contribution in [0, 0.1) is 0 Å². The Kier molecular flexibility index (Phi) is 3.32. The van der Waals surface area contributed by atoms with E-state index in [0.717, 1.165) is 29.4 Å². The second kappa shape index (κ2) is 4.74. The van der Waals surface area contributed by atoms with E-state index in [1.807, 2.05) is 12.1 Å². The van der Waals surface area contributed by atoms with Gasteiger partial charge < -0.3 is 4.98 Å². The largest absolute Gasteiger partial charge is 0.358 e. The summed E-state index contributed by atoms with van der Waals surface area (Å²) in [5, 5.41) is 0.806. The molecule has 17 heavy (non-hydrogen) atoms. The van der Waals surface area contributed by atoms with Gasteiger partial charge in [-0.1, -0.05) is 33.3 Å². The standard InChI is InChI=1S/C15H19NO/c1-4-5-11-6-7-13-12(8-11)15(17)9-14(16-13)10(2)3/h6-10H,4-5H2,1-3H3,(H,16,17). The fraction of sp³-hybridized carbons (Fsp3) is 0.400. The number of benzene rings is 1. The highest BCUT2D eigenvalue weighted by molar-refractivity contribution is 5.79. The van der Waals surface area contributed by atoms with Crippen LogP contribution in [0.15, 0.2) is 29.1 Å². The molecule has 2 aromatic rings. The number of aromatic nitrogens is 1. The van der Waals surface area contributed by atoms with Crippen molar-refractivity contribution in [1.82, 2.24) is 4.98 Å². The topological polar surface area (TPSA) is 32.9 Å². The van der Waals surface area contributed by atoms with Gasteiger partial charge in [0.15, 0.2) is 5.43 Å². The number of aromatic amines is 1. The minimum atomic E-state index is 0.125. The second-order valence-corrected chi connectivity index (χ2v) is 4.87. The first-order valence-electron chi connectivity index (χ1n) is 6.27. The normalized spacial score (nSPS) is 11.3. The maximum Gasteiger partial charge on any atom is 0.189 e. The van der Waals surface area contributed by atoms with Crippen LogP contribution in [0.3, 0.4) is 0 Å². The average Bonchev–Trinajstić information content (AvgIpc) is 2.30. The smallest absolute Gasteiger partial charge is 0.189 e. The van der Waals surface area contributed by atoms with Gasteiger partial charge in [-0.05, 0) is 30.0 Å². The lowest BCUT2D eigenvalue weighted by atomic mass is 10.0. The Bertz CT molecular complexity index is 581. The molecule has 0 spiro atoms. The molecular formula is C15H19NO. The van der Waals surface area contributed by atoms with Crippen LogP contribution in [0.5, 0.6) is 0 Å². The Morgan fingerprint density at radius 2 is 2.00 bits per heavy atom. The lowest BCUT2D eigenvalue weighted by molar-refractivity contribution is 0.828. The van der Waals surface area contributed by atoms with Crippen molar-refractivity contribution in [1.29, 1.82) is 0 Å². The Labute approximate surface area is 102 Å². The number of nitrogens with one attached hydrogen (secondary N) is 1. The molecule has 0 saturated heterocycles. The first-order chi connectivity index (χ1) is 8.11. The van der Waals surface area contributed by atoms with E-state index in [0.29, 0.717) is 5.92 Å². The molecule has 1 heterocycles. The van der Waals surface area contributed by atoms with Gasteiger partial charge in [-0.15, -0.1) is 0 Å². The summed E-state index contributed by atoms with van der Waals surface area (Å²) in [6, 6.07) is 7.87. The van der Waals surface area contributed by atoms with Crippen LogP contribution >= 0.6 is 0 Å². The summed E-state index contributed by atoms with van der Waals surface area (Å²) in [6.07, 6.45) is 2.13. The summed E-state index contributed by atoms with van der Waals surface area (Å²) in [7, 11) is 0. The molecule has 0 saturated carbocycles. The van der Waals surface area contributed by atoms with Crippen molar-refractivity contribution >= 4 is 10.9 Å². The third kappa shape index (κ3) is 2.41. The zero-order chi connectivity index (χ0) is 12.4. The first-order valence-corrected chi connectivity index (χ1v) is 6.27. The molecule has 1 N–H and O–H groups in total. The predicted molar refractivity (Wildman–Crippen MR) is 72.7 cm³/mol. The van der Waals surface area contributed by atoms with Crippen LogP contribution in [0.25, 0.3) is 10.9 Å². The number of hydrogen-bond donors (Lipinski definition) is 1. The predicted octanol–water partition coefficient (Wildman–Crippen LogP) is 3.60. The molecule has 0 aliphatic heterocycles. The number of pyridine rings is 1. The van der Waals surface area contributed by atoms with Crippen LogP contribution < -0.4 is 5.43 Å². The van der Waals surface area contributed by atoms with E-state index in [2.05, 4.69) is 31.8 Å². The van der Waals surface area contributed by atoms with Crippen LogP contribution in [-0.4, -0.2) is 4.98 Å². The molecule has 0 aliphatic rings. The summed E-state index contributed by atoms with van der Waals surface area (Å²) < 4.78 is 0. The molecule has 2 heteroatoms. The maximum atomic E-state index is 12.0. The van der Waals surface area contributed by atoms with Gasteiger partial charge in [-0.3, -0.25) is 4.79 Å². The van der Waals surface area contributed by atoms with Gasteiger partial charge in [0.2, 0.25) is 0 Å². The number of rotatable bonds is 3. The molecule has 0 radical (unpaired) electrons. The van der Waals surface area contributed by atoms with Gasteiger partial charge in [-0.2, -0.15) is 0 Å². The zero-order valence-corrected chi connectivity index (χ0v) is 10.7. The van der Waals surface area contributed by atoms with E-state index in [-0.39, 0.29) is 5.43 Å². The zero-order valence-electron chi connectivity index (χ0n) is 10.7. The molecule has 0 atom stereocenters. The second-order valence-electron chi connectivity index (χ2n) is 4.87. The highest BCUT2D eigenvalue weighted by Crippen LogP contribution is 2.16. The van der Waals surface area contributed by atoms with Crippen molar-refractivity contribution in [3.05, 3.63) is 45.7 Å². The summed E-state index contributed by atoms with van der Waals surface area (Å²) in [5.41, 5.74) is 3.31. The Hall–Kier alpha value is -1.57. The molecular weight excluding hydrogens is 210 g/mol. The minimum absolute atomic E-state index is 0.125. The monoisotopic (exact) mass is 229 g/mol. The maximum absolute atomic E-state index is 12.0.